The van der Waals surface area contributed by atoms with Crippen LogP contribution in [0.1, 0.15) is 0 Å². The summed E-state index contributed by atoms with van der Waals surface area (Å²) in [6.45, 7) is 0. The highest BCUT2D eigenvalue weighted by Crippen LogP contribution is 2.48. The van der Waals surface area contributed by atoms with E-state index in [0.717, 1.165) is 0 Å². The zero-order chi connectivity index (χ0) is 18.2. The Balaban J connectivity index is 2.31. The number of halogens is 6. The highest BCUT2D eigenvalue weighted by Gasteiger charge is 2.19. The van der Waals surface area contributed by atoms with Gasteiger partial charge in [-0.3, -0.25) is 0 Å². The summed E-state index contributed by atoms with van der Waals surface area (Å²) in [5.41, 5.74) is 12.6. The molecule has 0 heterocycles. The summed E-state index contributed by atoms with van der Waals surface area (Å²) >= 11 is 19.9. The van der Waals surface area contributed by atoms with Gasteiger partial charge in [-0.2, -0.15) is 0 Å². The molecule has 0 unspecified atom stereocenters. The molecule has 12 heteroatoms. The second-order valence-electron chi connectivity index (χ2n) is 4.25. The van der Waals surface area contributed by atoms with Crippen LogP contribution in [0.2, 0.25) is 0 Å². The van der Waals surface area contributed by atoms with Crippen LogP contribution in [0, 0.1) is 0 Å². The van der Waals surface area contributed by atoms with E-state index in [-0.39, 0.29) is 11.5 Å². The Morgan fingerprint density at radius 2 is 1.04 bits per heavy atom. The van der Waals surface area contributed by atoms with Crippen LogP contribution >= 0.6 is 104 Å². The van der Waals surface area contributed by atoms with Crippen molar-refractivity contribution in [1.82, 2.24) is 0 Å². The summed E-state index contributed by atoms with van der Waals surface area (Å²) in [5, 5.41) is 0. The zero-order valence-electron chi connectivity index (χ0n) is 11.3. The first-order valence-corrected chi connectivity index (χ1v) is 11.9. The SMILES string of the molecule is Nc1c(Br)cc(Br)c(O[PH](=O)Oc2c(Br)cc(Br)c(N)c2Br)c1Br. The Labute approximate surface area is 188 Å². The Hall–Kier alpha value is 0.750. The van der Waals surface area contributed by atoms with Crippen LogP contribution in [0.3, 0.4) is 0 Å². The average molecular weight is 738 g/mol. The first kappa shape index (κ1) is 21.1. The third-order valence-electron chi connectivity index (χ3n) is 2.70. The second kappa shape index (κ2) is 8.63. The van der Waals surface area contributed by atoms with Crippen LogP contribution in [0.4, 0.5) is 11.4 Å². The molecule has 0 fully saturated rings. The first-order valence-electron chi connectivity index (χ1n) is 5.89. The molecule has 0 saturated carbocycles. The summed E-state index contributed by atoms with van der Waals surface area (Å²) in [7, 11) is -2.95. The van der Waals surface area contributed by atoms with Crippen LogP contribution < -0.4 is 20.5 Å². The number of nitrogens with two attached hydrogens (primary N) is 2. The normalized spacial score (nSPS) is 11.0. The van der Waals surface area contributed by atoms with Crippen molar-refractivity contribution >= 4 is 115 Å². The van der Waals surface area contributed by atoms with Crippen LogP contribution in [0.25, 0.3) is 0 Å². The largest absolute Gasteiger partial charge is 0.419 e. The van der Waals surface area contributed by atoms with Crippen molar-refractivity contribution in [2.75, 3.05) is 11.5 Å². The molecule has 0 saturated heterocycles. The summed E-state index contributed by atoms with van der Waals surface area (Å²) < 4.78 is 26.6. The van der Waals surface area contributed by atoms with Crippen molar-refractivity contribution in [3.8, 4) is 11.5 Å². The maximum atomic E-state index is 12.3. The van der Waals surface area contributed by atoms with Gasteiger partial charge in [0.15, 0.2) is 11.5 Å². The molecule has 5 nitrogen and oxygen atoms in total. The van der Waals surface area contributed by atoms with E-state index in [4.69, 9.17) is 20.5 Å². The minimum Gasteiger partial charge on any atom is -0.415 e. The maximum absolute atomic E-state index is 12.3. The van der Waals surface area contributed by atoms with Gasteiger partial charge in [-0.05, 0) is 108 Å². The molecule has 0 spiro atoms. The van der Waals surface area contributed by atoms with E-state index in [0.29, 0.717) is 38.2 Å². The van der Waals surface area contributed by atoms with Gasteiger partial charge in [0.2, 0.25) is 0 Å². The molecule has 0 aliphatic carbocycles. The molecule has 0 radical (unpaired) electrons. The molecule has 0 aliphatic rings. The van der Waals surface area contributed by atoms with E-state index in [1.165, 1.54) is 0 Å². The third-order valence-corrected chi connectivity index (χ3v) is 7.50. The van der Waals surface area contributed by atoms with E-state index < -0.39 is 8.25 Å². The number of rotatable bonds is 4. The summed E-state index contributed by atoms with van der Waals surface area (Å²) in [4.78, 5) is 0. The Kier molecular flexibility index (Phi) is 7.57. The Morgan fingerprint density at radius 3 is 1.38 bits per heavy atom. The van der Waals surface area contributed by atoms with Gasteiger partial charge in [0.05, 0.1) is 29.3 Å². The third kappa shape index (κ3) is 4.53. The molecule has 0 bridgehead atoms. The van der Waals surface area contributed by atoms with Crippen molar-refractivity contribution in [2.24, 2.45) is 0 Å². The predicted octanol–water partition coefficient (Wildman–Crippen LogP) is 7.27. The lowest BCUT2D eigenvalue weighted by Gasteiger charge is -2.15. The highest BCUT2D eigenvalue weighted by atomic mass is 79.9. The van der Waals surface area contributed by atoms with Gasteiger partial charge in [0, 0.05) is 8.95 Å². The van der Waals surface area contributed by atoms with Crippen molar-refractivity contribution in [3.05, 3.63) is 39.0 Å². The van der Waals surface area contributed by atoms with Crippen LogP contribution in [0.5, 0.6) is 11.5 Å². The van der Waals surface area contributed by atoms with E-state index in [9.17, 15) is 4.57 Å². The first-order chi connectivity index (χ1) is 11.1. The van der Waals surface area contributed by atoms with E-state index in [1.807, 2.05) is 0 Å². The molecule has 2 aromatic rings. The Bertz CT molecular complexity index is 781. The van der Waals surface area contributed by atoms with Gasteiger partial charge < -0.3 is 20.5 Å². The lowest BCUT2D eigenvalue weighted by atomic mass is 10.3. The van der Waals surface area contributed by atoms with Gasteiger partial charge in [-0.1, -0.05) is 0 Å². The maximum Gasteiger partial charge on any atom is 0.419 e. The van der Waals surface area contributed by atoms with Crippen molar-refractivity contribution in [2.45, 2.75) is 0 Å². The molecule has 2 aromatic carbocycles. The zero-order valence-corrected chi connectivity index (χ0v) is 21.8. The molecular weight excluding hydrogens is 731 g/mol. The van der Waals surface area contributed by atoms with Gasteiger partial charge in [0.25, 0.3) is 0 Å². The molecule has 2 rings (SSSR count). The molecule has 4 N–H and O–H groups in total. The van der Waals surface area contributed by atoms with E-state index >= 15 is 0 Å². The monoisotopic (exact) mass is 732 g/mol. The van der Waals surface area contributed by atoms with Crippen LogP contribution in [-0.2, 0) is 4.57 Å². The second-order valence-corrected chi connectivity index (χ2v) is 10.2. The van der Waals surface area contributed by atoms with E-state index in [1.54, 1.807) is 12.1 Å². The number of hydrogen-bond acceptors (Lipinski definition) is 5. The molecule has 130 valence electrons. The topological polar surface area (TPSA) is 87.6 Å². The number of anilines is 2. The van der Waals surface area contributed by atoms with Crippen molar-refractivity contribution < 1.29 is 13.6 Å². The fourth-order valence-corrected chi connectivity index (χ4v) is 7.51. The van der Waals surface area contributed by atoms with Crippen LogP contribution in [0.15, 0.2) is 39.0 Å². The van der Waals surface area contributed by atoms with Crippen molar-refractivity contribution in [3.63, 3.8) is 0 Å². The van der Waals surface area contributed by atoms with Gasteiger partial charge in [-0.25, -0.2) is 4.57 Å². The number of nitrogen functional groups attached to an aromatic ring is 2. The standard InChI is InChI=1S/C12H7Br6N2O3P/c13-3-1-5(15)11(7(17)9(3)19)22-24(21)23-12-6(16)2-4(14)10(20)8(12)18/h1-2,24H,19-20H2. The lowest BCUT2D eigenvalue weighted by molar-refractivity contribution is 0.412. The Morgan fingerprint density at radius 1 is 0.708 bits per heavy atom. The fourth-order valence-electron chi connectivity index (χ4n) is 1.55. The minimum atomic E-state index is -2.95. The predicted molar refractivity (Wildman–Crippen MR) is 118 cm³/mol. The summed E-state index contributed by atoms with van der Waals surface area (Å²) in [6.07, 6.45) is 0. The smallest absolute Gasteiger partial charge is 0.415 e. The summed E-state index contributed by atoms with van der Waals surface area (Å²) in [6, 6.07) is 3.38. The average Bonchev–Trinajstić information content (AvgIpc) is 2.51. The highest BCUT2D eigenvalue weighted by molar-refractivity contribution is 9.12. The quantitative estimate of drug-likeness (QED) is 0.255. The number of benzene rings is 2. The summed E-state index contributed by atoms with van der Waals surface area (Å²) in [5.74, 6) is 0.550. The van der Waals surface area contributed by atoms with E-state index in [2.05, 4.69) is 95.6 Å². The minimum absolute atomic E-state index is 0.275. The molecule has 0 aromatic heterocycles. The van der Waals surface area contributed by atoms with Gasteiger partial charge >= 0.3 is 8.25 Å². The van der Waals surface area contributed by atoms with Gasteiger partial charge in [-0.15, -0.1) is 0 Å². The van der Waals surface area contributed by atoms with Crippen molar-refractivity contribution in [1.29, 1.82) is 0 Å². The fraction of sp³-hybridized carbons (Fsp3) is 0. The molecule has 24 heavy (non-hydrogen) atoms. The van der Waals surface area contributed by atoms with Gasteiger partial charge in [0.1, 0.15) is 0 Å². The lowest BCUT2D eigenvalue weighted by Crippen LogP contribution is -1.97. The van der Waals surface area contributed by atoms with Crippen LogP contribution in [-0.4, -0.2) is 0 Å². The molecule has 0 amide bonds. The molecular formula is C12H7Br6N2O3P. The molecule has 0 aliphatic heterocycles. The number of hydrogen-bond donors (Lipinski definition) is 2. The molecule has 0 atom stereocenters.